The van der Waals surface area contributed by atoms with Crippen LogP contribution in [0.4, 0.5) is 10.1 Å². The van der Waals surface area contributed by atoms with Crippen LogP contribution in [0, 0.1) is 5.82 Å². The van der Waals surface area contributed by atoms with Gasteiger partial charge in [-0.25, -0.2) is 9.18 Å². The van der Waals surface area contributed by atoms with E-state index >= 15 is 0 Å². The van der Waals surface area contributed by atoms with E-state index in [1.165, 1.54) is 19.2 Å². The van der Waals surface area contributed by atoms with Crippen LogP contribution in [0.2, 0.25) is 0 Å². The number of anilines is 1. The number of methoxy groups -OCH3 is 1. The van der Waals surface area contributed by atoms with E-state index in [9.17, 15) is 14.0 Å². The minimum Gasteiger partial charge on any atom is -0.496 e. The van der Waals surface area contributed by atoms with Gasteiger partial charge in [-0.1, -0.05) is 31.4 Å². The molecule has 0 bridgehead atoms. The molecule has 0 saturated heterocycles. The summed E-state index contributed by atoms with van der Waals surface area (Å²) in [6.45, 7) is 1.97. The number of amides is 1. The fourth-order valence-electron chi connectivity index (χ4n) is 3.98. The Morgan fingerprint density at radius 3 is 2.38 bits per heavy atom. The lowest BCUT2D eigenvalue weighted by atomic mass is 9.68. The van der Waals surface area contributed by atoms with E-state index < -0.39 is 11.4 Å². The minimum atomic E-state index is -0.712. The van der Waals surface area contributed by atoms with Crippen molar-refractivity contribution in [2.45, 2.75) is 44.4 Å². The largest absolute Gasteiger partial charge is 0.496 e. The predicted molar refractivity (Wildman–Crippen MR) is 109 cm³/mol. The highest BCUT2D eigenvalue weighted by Crippen LogP contribution is 2.40. The second-order valence-electron chi connectivity index (χ2n) is 7.24. The Kier molecular flexibility index (Phi) is 6.52. The number of esters is 1. The average Bonchev–Trinajstić information content (AvgIpc) is 2.74. The van der Waals surface area contributed by atoms with Crippen LogP contribution in [-0.2, 0) is 14.9 Å². The first-order chi connectivity index (χ1) is 14.0. The molecular weight excluding hydrogens is 373 g/mol. The lowest BCUT2D eigenvalue weighted by Gasteiger charge is -2.36. The van der Waals surface area contributed by atoms with Crippen molar-refractivity contribution < 1.29 is 23.5 Å². The molecule has 1 fully saturated rings. The van der Waals surface area contributed by atoms with Crippen molar-refractivity contribution in [2.24, 2.45) is 0 Å². The fraction of sp³-hybridized carbons (Fsp3) is 0.391. The average molecular weight is 399 g/mol. The first-order valence-corrected chi connectivity index (χ1v) is 9.93. The SMILES string of the molecule is CCOC(=O)c1cc(NC(=O)C2(c3ccc(F)cc3)CCCCC2)ccc1OC. The van der Waals surface area contributed by atoms with Crippen LogP contribution in [0.5, 0.6) is 5.75 Å². The third-order valence-corrected chi connectivity index (χ3v) is 5.49. The summed E-state index contributed by atoms with van der Waals surface area (Å²) >= 11 is 0. The van der Waals surface area contributed by atoms with E-state index in [-0.39, 0.29) is 23.9 Å². The van der Waals surface area contributed by atoms with Gasteiger partial charge in [0, 0.05) is 5.69 Å². The molecule has 1 saturated carbocycles. The first kappa shape index (κ1) is 20.8. The molecule has 3 rings (SSSR count). The number of nitrogens with one attached hydrogen (secondary N) is 1. The Balaban J connectivity index is 1.91. The second kappa shape index (κ2) is 9.07. The number of rotatable bonds is 6. The molecule has 0 atom stereocenters. The van der Waals surface area contributed by atoms with Crippen LogP contribution in [0.25, 0.3) is 0 Å². The smallest absolute Gasteiger partial charge is 0.341 e. The van der Waals surface area contributed by atoms with E-state index in [4.69, 9.17) is 9.47 Å². The van der Waals surface area contributed by atoms with Crippen molar-refractivity contribution >= 4 is 17.6 Å². The summed E-state index contributed by atoms with van der Waals surface area (Å²) in [4.78, 5) is 25.6. The van der Waals surface area contributed by atoms with Gasteiger partial charge in [0.1, 0.15) is 17.1 Å². The van der Waals surface area contributed by atoms with Gasteiger partial charge < -0.3 is 14.8 Å². The number of carbonyl (C=O) groups excluding carboxylic acids is 2. The van der Waals surface area contributed by atoms with Gasteiger partial charge in [-0.15, -0.1) is 0 Å². The van der Waals surface area contributed by atoms with Crippen LogP contribution in [0.3, 0.4) is 0 Å². The molecule has 29 heavy (non-hydrogen) atoms. The standard InChI is InChI=1S/C23H26FNO4/c1-3-29-21(26)19-15-18(11-12-20(19)28-2)25-22(27)23(13-5-4-6-14-23)16-7-9-17(24)10-8-16/h7-12,15H,3-6,13-14H2,1-2H3,(H,25,27). The van der Waals surface area contributed by atoms with Gasteiger partial charge in [0.05, 0.1) is 19.1 Å². The Hall–Kier alpha value is -2.89. The highest BCUT2D eigenvalue weighted by Gasteiger charge is 2.41. The molecule has 0 heterocycles. The van der Waals surface area contributed by atoms with Gasteiger partial charge in [0.25, 0.3) is 0 Å². The molecule has 0 aliphatic heterocycles. The Morgan fingerprint density at radius 2 is 1.76 bits per heavy atom. The van der Waals surface area contributed by atoms with Crippen LogP contribution >= 0.6 is 0 Å². The molecule has 1 N–H and O–H groups in total. The Bertz CT molecular complexity index is 873. The molecule has 0 spiro atoms. The second-order valence-corrected chi connectivity index (χ2v) is 7.24. The van der Waals surface area contributed by atoms with Crippen molar-refractivity contribution in [1.29, 1.82) is 0 Å². The van der Waals surface area contributed by atoms with E-state index in [0.29, 0.717) is 24.3 Å². The van der Waals surface area contributed by atoms with Gasteiger partial charge in [0.15, 0.2) is 0 Å². The number of halogens is 1. The van der Waals surface area contributed by atoms with Crippen molar-refractivity contribution in [3.63, 3.8) is 0 Å². The summed E-state index contributed by atoms with van der Waals surface area (Å²) in [6, 6.07) is 11.1. The van der Waals surface area contributed by atoms with E-state index in [0.717, 1.165) is 24.8 Å². The summed E-state index contributed by atoms with van der Waals surface area (Å²) in [7, 11) is 1.47. The predicted octanol–water partition coefficient (Wildman–Crippen LogP) is 4.85. The van der Waals surface area contributed by atoms with E-state index in [1.54, 1.807) is 37.3 Å². The Labute approximate surface area is 170 Å². The molecule has 2 aromatic rings. The summed E-state index contributed by atoms with van der Waals surface area (Å²) in [5.41, 5.74) is 0.850. The maximum atomic E-state index is 13.4. The number of ether oxygens (including phenoxy) is 2. The highest BCUT2D eigenvalue weighted by atomic mass is 19.1. The van der Waals surface area contributed by atoms with Gasteiger partial charge in [0.2, 0.25) is 5.91 Å². The zero-order valence-corrected chi connectivity index (χ0v) is 16.8. The van der Waals surface area contributed by atoms with Gasteiger partial charge >= 0.3 is 5.97 Å². The number of carbonyl (C=O) groups is 2. The zero-order valence-electron chi connectivity index (χ0n) is 16.8. The first-order valence-electron chi connectivity index (χ1n) is 9.93. The van der Waals surface area contributed by atoms with Crippen LogP contribution in [0.15, 0.2) is 42.5 Å². The molecule has 0 aromatic heterocycles. The topological polar surface area (TPSA) is 64.6 Å². The monoisotopic (exact) mass is 399 g/mol. The maximum Gasteiger partial charge on any atom is 0.341 e. The Morgan fingerprint density at radius 1 is 1.07 bits per heavy atom. The van der Waals surface area contributed by atoms with Crippen molar-refractivity contribution in [1.82, 2.24) is 0 Å². The van der Waals surface area contributed by atoms with Gasteiger partial charge in [-0.2, -0.15) is 0 Å². The molecule has 6 heteroatoms. The highest BCUT2D eigenvalue weighted by molar-refractivity contribution is 6.01. The molecule has 2 aromatic carbocycles. The van der Waals surface area contributed by atoms with Crippen molar-refractivity contribution in [3.8, 4) is 5.75 Å². The molecule has 5 nitrogen and oxygen atoms in total. The van der Waals surface area contributed by atoms with E-state index in [1.807, 2.05) is 0 Å². The van der Waals surface area contributed by atoms with Crippen molar-refractivity contribution in [3.05, 3.63) is 59.4 Å². The molecule has 0 radical (unpaired) electrons. The van der Waals surface area contributed by atoms with Crippen LogP contribution < -0.4 is 10.1 Å². The fourth-order valence-corrected chi connectivity index (χ4v) is 3.98. The molecule has 1 aliphatic carbocycles. The lowest BCUT2D eigenvalue weighted by Crippen LogP contribution is -2.42. The maximum absolute atomic E-state index is 13.4. The number of benzene rings is 2. The minimum absolute atomic E-state index is 0.149. The van der Waals surface area contributed by atoms with Gasteiger partial charge in [-0.05, 0) is 55.7 Å². The quantitative estimate of drug-likeness (QED) is 0.705. The van der Waals surface area contributed by atoms with Crippen LogP contribution in [-0.4, -0.2) is 25.6 Å². The lowest BCUT2D eigenvalue weighted by molar-refractivity contribution is -0.122. The van der Waals surface area contributed by atoms with Crippen molar-refractivity contribution in [2.75, 3.05) is 19.0 Å². The third kappa shape index (κ3) is 4.42. The summed E-state index contributed by atoms with van der Waals surface area (Å²) in [6.07, 6.45) is 4.34. The summed E-state index contributed by atoms with van der Waals surface area (Å²) < 4.78 is 23.7. The molecular formula is C23H26FNO4. The normalized spacial score (nSPS) is 15.4. The summed E-state index contributed by atoms with van der Waals surface area (Å²) in [5, 5.41) is 2.96. The molecule has 0 unspecified atom stereocenters. The summed E-state index contributed by atoms with van der Waals surface area (Å²) in [5.74, 6) is -0.600. The zero-order chi connectivity index (χ0) is 20.9. The van der Waals surface area contributed by atoms with E-state index in [2.05, 4.69) is 5.32 Å². The molecule has 1 aliphatic rings. The third-order valence-electron chi connectivity index (χ3n) is 5.49. The number of hydrogen-bond donors (Lipinski definition) is 1. The number of hydrogen-bond acceptors (Lipinski definition) is 4. The van der Waals surface area contributed by atoms with Gasteiger partial charge in [-0.3, -0.25) is 4.79 Å². The van der Waals surface area contributed by atoms with Crippen LogP contribution in [0.1, 0.15) is 54.9 Å². The molecule has 1 amide bonds. The molecule has 154 valence electrons.